The van der Waals surface area contributed by atoms with Crippen molar-refractivity contribution < 1.29 is 4.79 Å². The molecule has 1 aliphatic rings. The highest BCUT2D eigenvalue weighted by Crippen LogP contribution is 2.15. The highest BCUT2D eigenvalue weighted by Gasteiger charge is 2.17. The van der Waals surface area contributed by atoms with Crippen molar-refractivity contribution in [3.8, 4) is 0 Å². The molecule has 1 amide bonds. The van der Waals surface area contributed by atoms with Crippen LogP contribution in [0.3, 0.4) is 0 Å². The molecule has 0 saturated heterocycles. The van der Waals surface area contributed by atoms with Gasteiger partial charge in [-0.3, -0.25) is 4.79 Å². The summed E-state index contributed by atoms with van der Waals surface area (Å²) < 4.78 is 2.09. The molecule has 1 N–H and O–H groups in total. The van der Waals surface area contributed by atoms with E-state index in [1.54, 1.807) is 11.8 Å². The number of aryl methyl sites for hydroxylation is 1. The summed E-state index contributed by atoms with van der Waals surface area (Å²) in [6.45, 7) is 1.38. The Kier molecular flexibility index (Phi) is 3.73. The number of hydrogen-bond acceptors (Lipinski definition) is 4. The second-order valence-corrected chi connectivity index (χ2v) is 5.58. The summed E-state index contributed by atoms with van der Waals surface area (Å²) in [4.78, 5) is 13.2. The largest absolute Gasteiger partial charge is 0.345 e. The average molecular weight is 288 g/mol. The van der Waals surface area contributed by atoms with E-state index < -0.39 is 0 Å². The van der Waals surface area contributed by atoms with Gasteiger partial charge in [-0.15, -0.1) is 22.0 Å². The molecule has 0 radical (unpaired) electrons. The molecule has 0 spiro atoms. The highest BCUT2D eigenvalue weighted by atomic mass is 32.2. The molecule has 20 heavy (non-hydrogen) atoms. The third kappa shape index (κ3) is 2.56. The molecule has 0 atom stereocenters. The van der Waals surface area contributed by atoms with E-state index in [4.69, 9.17) is 0 Å². The van der Waals surface area contributed by atoms with Gasteiger partial charge in [-0.1, -0.05) is 0 Å². The lowest BCUT2D eigenvalue weighted by Gasteiger charge is -2.06. The van der Waals surface area contributed by atoms with Crippen LogP contribution in [0, 0.1) is 0 Å². The second kappa shape index (κ2) is 5.66. The normalized spacial score (nSPS) is 13.2. The van der Waals surface area contributed by atoms with Crippen LogP contribution in [0.1, 0.15) is 28.4 Å². The van der Waals surface area contributed by atoms with Gasteiger partial charge in [0.1, 0.15) is 5.82 Å². The minimum absolute atomic E-state index is 0.0759. The number of carbonyl (C=O) groups is 1. The predicted octanol–water partition coefficient (Wildman–Crippen LogP) is 1.88. The Morgan fingerprint density at radius 1 is 1.35 bits per heavy atom. The smallest absolute Gasteiger partial charge is 0.251 e. The van der Waals surface area contributed by atoms with E-state index in [-0.39, 0.29) is 5.91 Å². The SMILES string of the molecule is CSc1ccc(C(=O)NCc2nnc3n2CCC3)cc1. The van der Waals surface area contributed by atoms with Gasteiger partial charge in [-0.05, 0) is 36.9 Å². The van der Waals surface area contributed by atoms with E-state index >= 15 is 0 Å². The minimum atomic E-state index is -0.0759. The number of carbonyl (C=O) groups excluding carboxylic acids is 1. The first-order valence-electron chi connectivity index (χ1n) is 6.61. The zero-order chi connectivity index (χ0) is 13.9. The average Bonchev–Trinajstić information content (AvgIpc) is 3.08. The summed E-state index contributed by atoms with van der Waals surface area (Å²) in [5.41, 5.74) is 0.670. The van der Waals surface area contributed by atoms with E-state index in [1.807, 2.05) is 30.5 Å². The van der Waals surface area contributed by atoms with Crippen molar-refractivity contribution >= 4 is 17.7 Å². The van der Waals surface area contributed by atoms with Gasteiger partial charge in [-0.25, -0.2) is 0 Å². The van der Waals surface area contributed by atoms with Crippen LogP contribution in [0.15, 0.2) is 29.2 Å². The van der Waals surface area contributed by atoms with Gasteiger partial charge in [0.15, 0.2) is 5.82 Å². The molecule has 5 nitrogen and oxygen atoms in total. The molecule has 2 aromatic rings. The number of thioether (sulfide) groups is 1. The molecule has 6 heteroatoms. The Bertz CT molecular complexity index is 621. The Morgan fingerprint density at radius 2 is 2.15 bits per heavy atom. The molecule has 1 aromatic carbocycles. The number of nitrogens with one attached hydrogen (secondary N) is 1. The maximum absolute atomic E-state index is 12.1. The fraction of sp³-hybridized carbons (Fsp3) is 0.357. The van der Waals surface area contributed by atoms with Crippen molar-refractivity contribution in [2.24, 2.45) is 0 Å². The monoisotopic (exact) mass is 288 g/mol. The number of fused-ring (bicyclic) bond motifs is 1. The molecule has 1 aliphatic heterocycles. The van der Waals surface area contributed by atoms with Gasteiger partial charge < -0.3 is 9.88 Å². The number of aromatic nitrogens is 3. The number of benzene rings is 1. The van der Waals surface area contributed by atoms with Crippen LogP contribution in [-0.4, -0.2) is 26.9 Å². The van der Waals surface area contributed by atoms with Crippen LogP contribution < -0.4 is 5.32 Å². The molecule has 0 fully saturated rings. The van der Waals surface area contributed by atoms with Crippen LogP contribution >= 0.6 is 11.8 Å². The quantitative estimate of drug-likeness (QED) is 0.873. The van der Waals surface area contributed by atoms with Gasteiger partial charge in [0.25, 0.3) is 5.91 Å². The lowest BCUT2D eigenvalue weighted by atomic mass is 10.2. The third-order valence-electron chi connectivity index (χ3n) is 3.45. The van der Waals surface area contributed by atoms with E-state index in [9.17, 15) is 4.79 Å². The molecule has 0 saturated carbocycles. The van der Waals surface area contributed by atoms with Crippen LogP contribution in [0.5, 0.6) is 0 Å². The fourth-order valence-corrected chi connectivity index (χ4v) is 2.75. The summed E-state index contributed by atoms with van der Waals surface area (Å²) in [7, 11) is 0. The topological polar surface area (TPSA) is 59.8 Å². The van der Waals surface area contributed by atoms with E-state index in [2.05, 4.69) is 20.1 Å². The second-order valence-electron chi connectivity index (χ2n) is 4.70. The summed E-state index contributed by atoms with van der Waals surface area (Å²) in [5, 5.41) is 11.2. The van der Waals surface area contributed by atoms with Crippen LogP contribution in [0.2, 0.25) is 0 Å². The van der Waals surface area contributed by atoms with Crippen molar-refractivity contribution in [1.29, 1.82) is 0 Å². The summed E-state index contributed by atoms with van der Waals surface area (Å²) in [6, 6.07) is 7.59. The standard InChI is InChI=1S/C14H16N4OS/c1-20-11-6-4-10(5-7-11)14(19)15-9-13-17-16-12-3-2-8-18(12)13/h4-7H,2-3,8-9H2,1H3,(H,15,19). The minimum Gasteiger partial charge on any atom is -0.345 e. The van der Waals surface area contributed by atoms with Crippen molar-refractivity contribution in [1.82, 2.24) is 20.1 Å². The zero-order valence-electron chi connectivity index (χ0n) is 11.3. The Hall–Kier alpha value is -1.82. The van der Waals surface area contributed by atoms with Crippen LogP contribution in [0.4, 0.5) is 0 Å². The van der Waals surface area contributed by atoms with Crippen molar-refractivity contribution in [2.75, 3.05) is 6.26 Å². The summed E-state index contributed by atoms with van der Waals surface area (Å²) >= 11 is 1.66. The van der Waals surface area contributed by atoms with Crippen LogP contribution in [0.25, 0.3) is 0 Å². The molecule has 2 heterocycles. The molecule has 1 aromatic heterocycles. The van der Waals surface area contributed by atoms with Crippen LogP contribution in [-0.2, 0) is 19.5 Å². The van der Waals surface area contributed by atoms with Gasteiger partial charge in [0.2, 0.25) is 0 Å². The maximum atomic E-state index is 12.1. The molecular weight excluding hydrogens is 272 g/mol. The Labute approximate surface area is 121 Å². The Balaban J connectivity index is 1.63. The van der Waals surface area contributed by atoms with Gasteiger partial charge in [-0.2, -0.15) is 0 Å². The lowest BCUT2D eigenvalue weighted by molar-refractivity contribution is 0.0949. The van der Waals surface area contributed by atoms with Gasteiger partial charge in [0, 0.05) is 23.4 Å². The molecule has 0 bridgehead atoms. The van der Waals surface area contributed by atoms with E-state index in [0.29, 0.717) is 12.1 Å². The van der Waals surface area contributed by atoms with E-state index in [1.165, 1.54) is 0 Å². The van der Waals surface area contributed by atoms with Gasteiger partial charge >= 0.3 is 0 Å². The lowest BCUT2D eigenvalue weighted by Crippen LogP contribution is -2.24. The molecule has 104 valence electrons. The number of hydrogen-bond donors (Lipinski definition) is 1. The number of amides is 1. The first-order chi connectivity index (χ1) is 9.78. The predicted molar refractivity (Wildman–Crippen MR) is 77.7 cm³/mol. The molecule has 0 unspecified atom stereocenters. The first-order valence-corrected chi connectivity index (χ1v) is 7.83. The molecule has 3 rings (SSSR count). The van der Waals surface area contributed by atoms with Crippen molar-refractivity contribution in [3.05, 3.63) is 41.5 Å². The number of nitrogens with zero attached hydrogens (tertiary/aromatic N) is 3. The summed E-state index contributed by atoms with van der Waals surface area (Å²) in [6.07, 6.45) is 4.11. The van der Waals surface area contributed by atoms with E-state index in [0.717, 1.165) is 35.9 Å². The van der Waals surface area contributed by atoms with Crippen molar-refractivity contribution in [2.45, 2.75) is 30.8 Å². The fourth-order valence-electron chi connectivity index (χ4n) is 2.35. The Morgan fingerprint density at radius 3 is 2.90 bits per heavy atom. The summed E-state index contributed by atoms with van der Waals surface area (Å²) in [5.74, 6) is 1.79. The third-order valence-corrected chi connectivity index (χ3v) is 4.19. The molecular formula is C14H16N4OS. The van der Waals surface area contributed by atoms with Gasteiger partial charge in [0.05, 0.1) is 6.54 Å². The highest BCUT2D eigenvalue weighted by molar-refractivity contribution is 7.98. The molecule has 0 aliphatic carbocycles. The van der Waals surface area contributed by atoms with Crippen molar-refractivity contribution in [3.63, 3.8) is 0 Å². The number of rotatable bonds is 4. The maximum Gasteiger partial charge on any atom is 0.251 e. The first kappa shape index (κ1) is 13.2. The zero-order valence-corrected chi connectivity index (χ0v) is 12.1.